The summed E-state index contributed by atoms with van der Waals surface area (Å²) in [6.07, 6.45) is -0.483. The van der Waals surface area contributed by atoms with Crippen molar-refractivity contribution < 1.29 is 55.7 Å². The zero-order valence-electron chi connectivity index (χ0n) is 25.5. The molecule has 0 aromatic heterocycles. The van der Waals surface area contributed by atoms with Crippen LogP contribution in [-0.2, 0) is 51.2 Å². The van der Waals surface area contributed by atoms with Crippen LogP contribution in [0.15, 0.2) is 60.7 Å². The Kier molecular flexibility index (Phi) is 16.0. The fraction of sp³-hybridized carbons (Fsp3) is 0.484. The maximum absolute atomic E-state index is 13.5. The Bertz CT molecular complexity index is 1260. The van der Waals surface area contributed by atoms with E-state index in [0.717, 1.165) is 0 Å². The van der Waals surface area contributed by atoms with E-state index in [1.165, 1.54) is 0 Å². The molecule has 0 radical (unpaired) electrons. The lowest BCUT2D eigenvalue weighted by atomic mass is 10.0. The monoisotopic (exact) mass is 670 g/mol. The number of halogens is 4. The predicted molar refractivity (Wildman–Crippen MR) is 158 cm³/mol. The zero-order chi connectivity index (χ0) is 34.0. The molecule has 1 saturated heterocycles. The highest BCUT2D eigenvalue weighted by atomic mass is 19.3. The van der Waals surface area contributed by atoms with Crippen LogP contribution in [0.5, 0.6) is 0 Å². The number of nitrogens with zero attached hydrogens (tertiary/aromatic N) is 1. The van der Waals surface area contributed by atoms with Crippen LogP contribution < -0.4 is 16.0 Å². The van der Waals surface area contributed by atoms with Crippen molar-refractivity contribution in [2.24, 2.45) is 0 Å². The van der Waals surface area contributed by atoms with Crippen molar-refractivity contribution in [1.82, 2.24) is 20.9 Å². The topological polar surface area (TPSA) is 145 Å². The first-order valence-electron chi connectivity index (χ1n) is 14.8. The second kappa shape index (κ2) is 20.2. The Hall–Kier alpha value is -4.12. The number of carbonyl (C=O) groups is 4. The third kappa shape index (κ3) is 14.5. The Morgan fingerprint density at radius 3 is 1.94 bits per heavy atom. The molecule has 0 spiro atoms. The van der Waals surface area contributed by atoms with E-state index in [9.17, 15) is 36.7 Å². The van der Waals surface area contributed by atoms with Crippen LogP contribution in [0, 0.1) is 0 Å². The van der Waals surface area contributed by atoms with Crippen LogP contribution in [0.25, 0.3) is 0 Å². The van der Waals surface area contributed by atoms with Gasteiger partial charge >= 0.3 is 19.2 Å². The summed E-state index contributed by atoms with van der Waals surface area (Å²) < 4.78 is 70.2. The molecule has 0 aliphatic carbocycles. The van der Waals surface area contributed by atoms with Crippen LogP contribution >= 0.6 is 0 Å². The number of alkyl halides is 4. The largest absolute Gasteiger partial charge is 0.459 e. The number of esters is 1. The molecular formula is C31H38F4N4O8. The van der Waals surface area contributed by atoms with Gasteiger partial charge in [0.25, 0.3) is 0 Å². The normalized spacial score (nSPS) is 15.4. The number of amides is 3. The Morgan fingerprint density at radius 2 is 1.32 bits per heavy atom. The van der Waals surface area contributed by atoms with Crippen LogP contribution in [0.1, 0.15) is 17.5 Å². The van der Waals surface area contributed by atoms with Gasteiger partial charge in [0.1, 0.15) is 18.7 Å². The number of morpholine rings is 1. The predicted octanol–water partition coefficient (Wildman–Crippen LogP) is 1.63. The van der Waals surface area contributed by atoms with Crippen molar-refractivity contribution in [1.29, 1.82) is 0 Å². The lowest BCUT2D eigenvalue weighted by molar-refractivity contribution is -0.162. The van der Waals surface area contributed by atoms with E-state index in [4.69, 9.17) is 9.47 Å². The summed E-state index contributed by atoms with van der Waals surface area (Å²) in [6, 6.07) is 12.5. The summed E-state index contributed by atoms with van der Waals surface area (Å²) in [6.45, 7) is -6.49. The van der Waals surface area contributed by atoms with Gasteiger partial charge in [0.2, 0.25) is 17.7 Å². The first-order chi connectivity index (χ1) is 22.6. The minimum absolute atomic E-state index is 0.0140. The van der Waals surface area contributed by atoms with Crippen molar-refractivity contribution in [3.63, 3.8) is 0 Å². The second-order valence-corrected chi connectivity index (χ2v) is 10.4. The average Bonchev–Trinajstić information content (AvgIpc) is 3.05. The number of nitrogens with one attached hydrogen (secondary N) is 3. The standard InChI is InChI=1S/C31H38F4N4O8/c32-30(33)45-14-11-23(27(41)38-25(20-47-31(34)35)29(43)46-19-22-9-5-2-6-10-22)37-28(42)24(17-21-7-3-1-4-8-21)36-26(40)18-39-12-15-44-16-13-39/h1-10,23-25,30-31H,11-20H2,(H,36,40)(H,37,42)(H,38,41)/t23-,24-,25-/m0/s1. The summed E-state index contributed by atoms with van der Waals surface area (Å²) in [5.41, 5.74) is 1.25. The third-order valence-electron chi connectivity index (χ3n) is 6.90. The van der Waals surface area contributed by atoms with Gasteiger partial charge in [-0.05, 0) is 11.1 Å². The van der Waals surface area contributed by atoms with Crippen LogP contribution in [-0.4, -0.2) is 106 Å². The highest BCUT2D eigenvalue weighted by molar-refractivity contribution is 5.94. The van der Waals surface area contributed by atoms with Crippen LogP contribution in [0.2, 0.25) is 0 Å². The molecule has 3 amide bonds. The number of ether oxygens (including phenoxy) is 4. The number of benzene rings is 2. The fourth-order valence-electron chi connectivity index (χ4n) is 4.52. The summed E-state index contributed by atoms with van der Waals surface area (Å²) in [5.74, 6) is -3.52. The van der Waals surface area contributed by atoms with Gasteiger partial charge in [-0.25, -0.2) is 4.79 Å². The zero-order valence-corrected chi connectivity index (χ0v) is 25.5. The molecule has 0 unspecified atom stereocenters. The minimum Gasteiger partial charge on any atom is -0.459 e. The van der Waals surface area contributed by atoms with E-state index in [0.29, 0.717) is 37.4 Å². The average molecular weight is 671 g/mol. The van der Waals surface area contributed by atoms with Gasteiger partial charge in [-0.15, -0.1) is 0 Å². The van der Waals surface area contributed by atoms with E-state index in [2.05, 4.69) is 25.4 Å². The number of carbonyl (C=O) groups excluding carboxylic acids is 4. The fourth-order valence-corrected chi connectivity index (χ4v) is 4.52. The Morgan fingerprint density at radius 1 is 0.745 bits per heavy atom. The number of hydrogen-bond acceptors (Lipinski definition) is 9. The molecular weight excluding hydrogens is 632 g/mol. The third-order valence-corrected chi connectivity index (χ3v) is 6.90. The van der Waals surface area contributed by atoms with Gasteiger partial charge in [0, 0.05) is 25.9 Å². The smallest absolute Gasteiger partial charge is 0.345 e. The molecule has 12 nitrogen and oxygen atoms in total. The van der Waals surface area contributed by atoms with Crippen molar-refractivity contribution in [3.8, 4) is 0 Å². The number of rotatable bonds is 19. The highest BCUT2D eigenvalue weighted by Crippen LogP contribution is 2.09. The summed E-state index contributed by atoms with van der Waals surface area (Å²) in [7, 11) is 0. The molecule has 3 rings (SSSR count). The molecule has 47 heavy (non-hydrogen) atoms. The molecule has 2 aromatic rings. The van der Waals surface area contributed by atoms with Crippen LogP contribution in [0.4, 0.5) is 17.6 Å². The van der Waals surface area contributed by atoms with Gasteiger partial charge in [-0.3, -0.25) is 19.3 Å². The molecule has 16 heteroatoms. The lowest BCUT2D eigenvalue weighted by Crippen LogP contribution is -2.58. The SMILES string of the molecule is O=C(CN1CCOCC1)N[C@@H](Cc1ccccc1)C(=O)N[C@@H](CCOC(F)F)C(=O)N[C@@H](COC(F)F)C(=O)OCc1ccccc1. The van der Waals surface area contributed by atoms with Crippen molar-refractivity contribution in [3.05, 3.63) is 71.8 Å². The molecule has 2 aromatic carbocycles. The second-order valence-electron chi connectivity index (χ2n) is 10.4. The van der Waals surface area contributed by atoms with Gasteiger partial charge < -0.3 is 34.9 Å². The highest BCUT2D eigenvalue weighted by Gasteiger charge is 2.31. The van der Waals surface area contributed by atoms with Crippen molar-refractivity contribution in [2.75, 3.05) is 46.1 Å². The Balaban J connectivity index is 1.74. The van der Waals surface area contributed by atoms with E-state index in [-0.39, 0.29) is 19.6 Å². The number of hydrogen-bond donors (Lipinski definition) is 3. The van der Waals surface area contributed by atoms with Gasteiger partial charge in [-0.2, -0.15) is 17.6 Å². The summed E-state index contributed by atoms with van der Waals surface area (Å²) in [4.78, 5) is 54.4. The molecule has 258 valence electrons. The maximum Gasteiger partial charge on any atom is 0.345 e. The van der Waals surface area contributed by atoms with Gasteiger partial charge in [0.15, 0.2) is 6.04 Å². The van der Waals surface area contributed by atoms with E-state index in [1.54, 1.807) is 60.7 Å². The molecule has 1 aliphatic rings. The van der Waals surface area contributed by atoms with E-state index >= 15 is 0 Å². The maximum atomic E-state index is 13.5. The lowest BCUT2D eigenvalue weighted by Gasteiger charge is -2.28. The first-order valence-corrected chi connectivity index (χ1v) is 14.8. The van der Waals surface area contributed by atoms with Crippen molar-refractivity contribution >= 4 is 23.7 Å². The molecule has 1 aliphatic heterocycles. The minimum atomic E-state index is -3.29. The van der Waals surface area contributed by atoms with Crippen LogP contribution in [0.3, 0.4) is 0 Å². The summed E-state index contributed by atoms with van der Waals surface area (Å²) >= 11 is 0. The molecule has 3 N–H and O–H groups in total. The quantitative estimate of drug-likeness (QED) is 0.150. The Labute approximate surface area is 269 Å². The van der Waals surface area contributed by atoms with Gasteiger partial charge in [0.05, 0.1) is 33.0 Å². The summed E-state index contributed by atoms with van der Waals surface area (Å²) in [5, 5.41) is 7.28. The molecule has 1 heterocycles. The molecule has 3 atom stereocenters. The van der Waals surface area contributed by atoms with E-state index in [1.807, 2.05) is 4.90 Å². The van der Waals surface area contributed by atoms with Crippen molar-refractivity contribution in [2.45, 2.75) is 50.8 Å². The molecule has 0 saturated carbocycles. The first kappa shape index (κ1) is 37.3. The molecule has 1 fully saturated rings. The van der Waals surface area contributed by atoms with Gasteiger partial charge in [-0.1, -0.05) is 60.7 Å². The molecule has 0 bridgehead atoms. The van der Waals surface area contributed by atoms with E-state index < -0.39 is 74.7 Å².